The minimum atomic E-state index is -3.98. The fraction of sp³-hybridized carbons (Fsp3) is 0.167. The lowest BCUT2D eigenvalue weighted by Gasteiger charge is -2.25. The predicted octanol–water partition coefficient (Wildman–Crippen LogP) is 3.66. The van der Waals surface area contributed by atoms with Gasteiger partial charge in [0, 0.05) is 5.56 Å². The molecule has 7 nitrogen and oxygen atoms in total. The number of aryl methyl sites for hydroxylation is 2. The van der Waals surface area contributed by atoms with Crippen LogP contribution in [0.5, 0.6) is 5.75 Å². The number of anilines is 1. The van der Waals surface area contributed by atoms with Crippen molar-refractivity contribution in [1.82, 2.24) is 5.43 Å². The van der Waals surface area contributed by atoms with Crippen molar-refractivity contribution in [3.63, 3.8) is 0 Å². The number of hydrazone groups is 1. The van der Waals surface area contributed by atoms with Crippen LogP contribution in [0.25, 0.3) is 0 Å². The smallest absolute Gasteiger partial charge is 0.264 e. The molecule has 0 unspecified atom stereocenters. The van der Waals surface area contributed by atoms with Gasteiger partial charge in [0.15, 0.2) is 0 Å². The molecule has 0 aliphatic heterocycles. The number of nitrogens with one attached hydrogen (secondary N) is 1. The van der Waals surface area contributed by atoms with Crippen molar-refractivity contribution in [3.05, 3.63) is 89.5 Å². The van der Waals surface area contributed by atoms with Crippen LogP contribution in [-0.4, -0.2) is 34.2 Å². The van der Waals surface area contributed by atoms with Crippen LogP contribution in [0.2, 0.25) is 0 Å². The van der Waals surface area contributed by atoms with Crippen molar-refractivity contribution in [2.75, 3.05) is 18.0 Å². The van der Waals surface area contributed by atoms with Crippen LogP contribution in [0.1, 0.15) is 16.7 Å². The topological polar surface area (TPSA) is 88.1 Å². The lowest BCUT2D eigenvalue weighted by molar-refractivity contribution is -0.119. The van der Waals surface area contributed by atoms with Crippen LogP contribution >= 0.6 is 0 Å². The number of carbonyl (C=O) groups excluding carboxylic acids is 1. The van der Waals surface area contributed by atoms with Gasteiger partial charge in [0.05, 0.1) is 23.9 Å². The molecule has 1 N–H and O–H groups in total. The van der Waals surface area contributed by atoms with Gasteiger partial charge in [-0.1, -0.05) is 48.0 Å². The standard InChI is InChI=1S/C24H25N3O4S/c1-18-12-14-21(15-13-18)32(29,30)27(22-10-6-4-8-19(22)2)17-24(28)26-25-16-20-9-5-7-11-23(20)31-3/h4-16H,17H2,1-3H3,(H,26,28)/b25-16+. The lowest BCUT2D eigenvalue weighted by atomic mass is 10.2. The quantitative estimate of drug-likeness (QED) is 0.418. The Kier molecular flexibility index (Phi) is 7.27. The molecule has 0 saturated heterocycles. The van der Waals surface area contributed by atoms with Gasteiger partial charge in [-0.05, 0) is 49.7 Å². The number of amides is 1. The molecule has 0 spiro atoms. The van der Waals surface area contributed by atoms with Gasteiger partial charge in [-0.2, -0.15) is 5.10 Å². The van der Waals surface area contributed by atoms with Crippen molar-refractivity contribution in [3.8, 4) is 5.75 Å². The van der Waals surface area contributed by atoms with Crippen LogP contribution in [-0.2, 0) is 14.8 Å². The highest BCUT2D eigenvalue weighted by molar-refractivity contribution is 7.92. The molecule has 0 aromatic heterocycles. The van der Waals surface area contributed by atoms with E-state index in [0.717, 1.165) is 15.4 Å². The molecule has 166 valence electrons. The lowest BCUT2D eigenvalue weighted by Crippen LogP contribution is -2.40. The van der Waals surface area contributed by atoms with Crippen molar-refractivity contribution in [1.29, 1.82) is 0 Å². The van der Waals surface area contributed by atoms with E-state index in [0.29, 0.717) is 17.0 Å². The minimum Gasteiger partial charge on any atom is -0.496 e. The number of hydrogen-bond acceptors (Lipinski definition) is 5. The zero-order chi connectivity index (χ0) is 23.1. The number of hydrogen-bond donors (Lipinski definition) is 1. The second-order valence-corrected chi connectivity index (χ2v) is 9.01. The molecule has 0 radical (unpaired) electrons. The third-order valence-corrected chi connectivity index (χ3v) is 6.59. The normalized spacial score (nSPS) is 11.3. The van der Waals surface area contributed by atoms with E-state index in [9.17, 15) is 13.2 Å². The molecular formula is C24H25N3O4S. The van der Waals surface area contributed by atoms with Crippen molar-refractivity contribution in [2.45, 2.75) is 18.7 Å². The van der Waals surface area contributed by atoms with Crippen molar-refractivity contribution < 1.29 is 17.9 Å². The average molecular weight is 452 g/mol. The van der Waals surface area contributed by atoms with Gasteiger partial charge in [0.25, 0.3) is 15.9 Å². The summed E-state index contributed by atoms with van der Waals surface area (Å²) in [4.78, 5) is 12.8. The number of rotatable bonds is 8. The minimum absolute atomic E-state index is 0.108. The number of benzene rings is 3. The summed E-state index contributed by atoms with van der Waals surface area (Å²) >= 11 is 0. The Balaban J connectivity index is 1.86. The molecule has 0 atom stereocenters. The summed E-state index contributed by atoms with van der Waals surface area (Å²) in [6.45, 7) is 3.25. The fourth-order valence-corrected chi connectivity index (χ4v) is 4.58. The fourth-order valence-electron chi connectivity index (χ4n) is 3.09. The maximum atomic E-state index is 13.4. The van der Waals surface area contributed by atoms with Gasteiger partial charge in [-0.25, -0.2) is 13.8 Å². The second-order valence-electron chi connectivity index (χ2n) is 7.15. The Morgan fingerprint density at radius 3 is 2.34 bits per heavy atom. The highest BCUT2D eigenvalue weighted by atomic mass is 32.2. The van der Waals surface area contributed by atoms with E-state index in [1.54, 1.807) is 56.5 Å². The van der Waals surface area contributed by atoms with Gasteiger partial charge in [0.1, 0.15) is 12.3 Å². The number of carbonyl (C=O) groups is 1. The Morgan fingerprint density at radius 2 is 1.66 bits per heavy atom. The molecule has 0 aliphatic carbocycles. The molecule has 8 heteroatoms. The Bertz CT molecular complexity index is 1220. The molecular weight excluding hydrogens is 426 g/mol. The molecule has 3 aromatic rings. The highest BCUT2D eigenvalue weighted by Gasteiger charge is 2.28. The summed E-state index contributed by atoms with van der Waals surface area (Å²) in [5.41, 5.74) is 5.18. The van der Waals surface area contributed by atoms with Gasteiger partial charge in [0.2, 0.25) is 0 Å². The number of sulfonamides is 1. The summed E-state index contributed by atoms with van der Waals surface area (Å²) in [5.74, 6) is 0.0315. The van der Waals surface area contributed by atoms with Gasteiger partial charge < -0.3 is 4.74 Å². The maximum Gasteiger partial charge on any atom is 0.264 e. The van der Waals surface area contributed by atoms with Crippen LogP contribution in [0.4, 0.5) is 5.69 Å². The summed E-state index contributed by atoms with van der Waals surface area (Å²) in [6, 6.07) is 20.7. The monoisotopic (exact) mass is 451 g/mol. The average Bonchev–Trinajstić information content (AvgIpc) is 2.78. The molecule has 0 fully saturated rings. The largest absolute Gasteiger partial charge is 0.496 e. The molecule has 32 heavy (non-hydrogen) atoms. The first-order valence-corrected chi connectivity index (χ1v) is 11.4. The molecule has 3 rings (SSSR count). The first-order valence-electron chi connectivity index (χ1n) is 9.93. The third kappa shape index (κ3) is 5.33. The SMILES string of the molecule is COc1ccccc1/C=N/NC(=O)CN(c1ccccc1C)S(=O)(=O)c1ccc(C)cc1. The van der Waals surface area contributed by atoms with E-state index in [-0.39, 0.29) is 4.90 Å². The zero-order valence-corrected chi connectivity index (χ0v) is 19.0. The van der Waals surface area contributed by atoms with E-state index in [1.165, 1.54) is 18.3 Å². The first kappa shape index (κ1) is 23.0. The van der Waals surface area contributed by atoms with Crippen LogP contribution in [0.3, 0.4) is 0 Å². The highest BCUT2D eigenvalue weighted by Crippen LogP contribution is 2.26. The van der Waals surface area contributed by atoms with Crippen LogP contribution in [0, 0.1) is 13.8 Å². The van der Waals surface area contributed by atoms with Crippen molar-refractivity contribution in [2.24, 2.45) is 5.10 Å². The summed E-state index contributed by atoms with van der Waals surface area (Å²) in [6.07, 6.45) is 1.45. The molecule has 0 heterocycles. The third-order valence-electron chi connectivity index (χ3n) is 4.81. The van der Waals surface area contributed by atoms with Gasteiger partial charge >= 0.3 is 0 Å². The molecule has 3 aromatic carbocycles. The van der Waals surface area contributed by atoms with E-state index < -0.39 is 22.5 Å². The predicted molar refractivity (Wildman–Crippen MR) is 126 cm³/mol. The van der Waals surface area contributed by atoms with E-state index in [4.69, 9.17) is 4.74 Å². The first-order chi connectivity index (χ1) is 15.3. The summed E-state index contributed by atoms with van der Waals surface area (Å²) in [7, 11) is -2.43. The second kappa shape index (κ2) is 10.1. The number of nitrogens with zero attached hydrogens (tertiary/aromatic N) is 2. The Labute approximate surface area is 188 Å². The molecule has 0 saturated carbocycles. The Hall–Kier alpha value is -3.65. The van der Waals surface area contributed by atoms with E-state index in [1.807, 2.05) is 25.1 Å². The van der Waals surface area contributed by atoms with E-state index >= 15 is 0 Å². The molecule has 1 amide bonds. The molecule has 0 bridgehead atoms. The van der Waals surface area contributed by atoms with E-state index in [2.05, 4.69) is 10.5 Å². The number of methoxy groups -OCH3 is 1. The molecule has 0 aliphatic rings. The van der Waals surface area contributed by atoms with Gasteiger partial charge in [-0.3, -0.25) is 9.10 Å². The van der Waals surface area contributed by atoms with Gasteiger partial charge in [-0.15, -0.1) is 0 Å². The zero-order valence-electron chi connectivity index (χ0n) is 18.1. The summed E-state index contributed by atoms with van der Waals surface area (Å²) < 4.78 is 33.2. The maximum absolute atomic E-state index is 13.4. The Morgan fingerprint density at radius 1 is 1.00 bits per heavy atom. The number of ether oxygens (including phenoxy) is 1. The van der Waals surface area contributed by atoms with Crippen molar-refractivity contribution >= 4 is 27.8 Å². The number of para-hydroxylation sites is 2. The summed E-state index contributed by atoms with van der Waals surface area (Å²) in [5, 5.41) is 3.96. The van der Waals surface area contributed by atoms with Crippen LogP contribution in [0.15, 0.2) is 82.8 Å². The van der Waals surface area contributed by atoms with Crippen LogP contribution < -0.4 is 14.5 Å².